The molecule has 1 aromatic carbocycles. The molecule has 3 nitrogen and oxygen atoms in total. The molecule has 2 N–H and O–H groups in total. The largest absolute Gasteiger partial charge is 0.492 e. The molecule has 108 valence electrons. The van der Waals surface area contributed by atoms with Gasteiger partial charge in [0.2, 0.25) is 0 Å². The van der Waals surface area contributed by atoms with Gasteiger partial charge in [-0.1, -0.05) is 17.7 Å². The van der Waals surface area contributed by atoms with Crippen LogP contribution in [0.1, 0.15) is 12.0 Å². The van der Waals surface area contributed by atoms with Gasteiger partial charge < -0.3 is 15.2 Å². The van der Waals surface area contributed by atoms with Gasteiger partial charge in [0.15, 0.2) is 0 Å². The average Bonchev–Trinajstić information content (AvgIpc) is 2.33. The van der Waals surface area contributed by atoms with Crippen LogP contribution in [-0.2, 0) is 11.3 Å². The maximum atomic E-state index is 11.8. The first-order valence-corrected chi connectivity index (χ1v) is 6.06. The van der Waals surface area contributed by atoms with Gasteiger partial charge in [0.05, 0.1) is 18.2 Å². The number of alkyl halides is 3. The first-order valence-electron chi connectivity index (χ1n) is 5.68. The summed E-state index contributed by atoms with van der Waals surface area (Å²) in [6.45, 7) is -0.637. The molecule has 0 unspecified atom stereocenters. The Balaban J connectivity index is 2.23. The standard InChI is InChI=1S/C12H15ClF3NO2/c13-10-6-9(7-17)2-3-11(10)19-5-1-4-18-8-12(14,15)16/h2-3,6H,1,4-5,7-8,17H2. The van der Waals surface area contributed by atoms with E-state index in [1.54, 1.807) is 18.2 Å². The Hall–Kier alpha value is -0.980. The van der Waals surface area contributed by atoms with Crippen molar-refractivity contribution in [3.05, 3.63) is 28.8 Å². The van der Waals surface area contributed by atoms with Crippen molar-refractivity contribution >= 4 is 11.6 Å². The Morgan fingerprint density at radius 1 is 1.21 bits per heavy atom. The van der Waals surface area contributed by atoms with Crippen LogP contribution in [0.15, 0.2) is 18.2 Å². The van der Waals surface area contributed by atoms with Gasteiger partial charge in [-0.15, -0.1) is 0 Å². The smallest absolute Gasteiger partial charge is 0.411 e. The number of halogens is 4. The summed E-state index contributed by atoms with van der Waals surface area (Å²) in [5.41, 5.74) is 6.33. The van der Waals surface area contributed by atoms with E-state index in [0.717, 1.165) is 5.56 Å². The molecular weight excluding hydrogens is 283 g/mol. The first-order chi connectivity index (χ1) is 8.92. The third-order valence-corrected chi connectivity index (χ3v) is 2.48. The molecule has 0 fully saturated rings. The Morgan fingerprint density at radius 2 is 1.95 bits per heavy atom. The molecule has 7 heteroatoms. The number of ether oxygens (including phenoxy) is 2. The average molecular weight is 298 g/mol. The van der Waals surface area contributed by atoms with E-state index in [9.17, 15) is 13.2 Å². The van der Waals surface area contributed by atoms with Gasteiger partial charge in [-0.05, 0) is 17.7 Å². The molecule has 0 saturated carbocycles. The third kappa shape index (κ3) is 6.66. The van der Waals surface area contributed by atoms with E-state index in [0.29, 0.717) is 23.7 Å². The fourth-order valence-electron chi connectivity index (χ4n) is 1.32. The quantitative estimate of drug-likeness (QED) is 0.786. The summed E-state index contributed by atoms with van der Waals surface area (Å²) in [4.78, 5) is 0. The van der Waals surface area contributed by atoms with Crippen LogP contribution < -0.4 is 10.5 Å². The van der Waals surface area contributed by atoms with Gasteiger partial charge in [0.1, 0.15) is 12.4 Å². The number of hydrogen-bond acceptors (Lipinski definition) is 3. The molecule has 0 saturated heterocycles. The Morgan fingerprint density at radius 3 is 2.53 bits per heavy atom. The number of rotatable bonds is 7. The minimum absolute atomic E-state index is 0.0159. The third-order valence-electron chi connectivity index (χ3n) is 2.19. The van der Waals surface area contributed by atoms with Gasteiger partial charge in [0.25, 0.3) is 0 Å². The van der Waals surface area contributed by atoms with Crippen LogP contribution >= 0.6 is 11.6 Å². The minimum atomic E-state index is -4.29. The lowest BCUT2D eigenvalue weighted by Gasteiger charge is -2.10. The van der Waals surface area contributed by atoms with Crippen molar-refractivity contribution in [3.63, 3.8) is 0 Å². The van der Waals surface area contributed by atoms with E-state index < -0.39 is 12.8 Å². The van der Waals surface area contributed by atoms with Crippen molar-refractivity contribution in [2.75, 3.05) is 19.8 Å². The van der Waals surface area contributed by atoms with E-state index in [1.165, 1.54) is 0 Å². The van der Waals surface area contributed by atoms with Gasteiger partial charge in [-0.3, -0.25) is 0 Å². The van der Waals surface area contributed by atoms with Crippen LogP contribution in [-0.4, -0.2) is 26.0 Å². The summed E-state index contributed by atoms with van der Waals surface area (Å²) in [6, 6.07) is 5.15. The molecule has 0 heterocycles. The lowest BCUT2D eigenvalue weighted by Crippen LogP contribution is -2.18. The topological polar surface area (TPSA) is 44.5 Å². The Bertz CT molecular complexity index is 399. The van der Waals surface area contributed by atoms with Crippen molar-refractivity contribution in [1.82, 2.24) is 0 Å². The fraction of sp³-hybridized carbons (Fsp3) is 0.500. The second-order valence-electron chi connectivity index (χ2n) is 3.84. The van der Waals surface area contributed by atoms with E-state index >= 15 is 0 Å². The molecule has 0 aliphatic carbocycles. The highest BCUT2D eigenvalue weighted by atomic mass is 35.5. The molecule has 0 bridgehead atoms. The van der Waals surface area contributed by atoms with Crippen LogP contribution in [0.2, 0.25) is 5.02 Å². The van der Waals surface area contributed by atoms with E-state index in [4.69, 9.17) is 22.1 Å². The molecule has 19 heavy (non-hydrogen) atoms. The predicted octanol–water partition coefficient (Wildman–Crippen LogP) is 3.15. The zero-order valence-electron chi connectivity index (χ0n) is 10.2. The Labute approximate surface area is 114 Å². The summed E-state index contributed by atoms with van der Waals surface area (Å²) in [5, 5.41) is 0.430. The number of hydrogen-bond donors (Lipinski definition) is 1. The number of nitrogens with two attached hydrogens (primary N) is 1. The molecule has 0 radical (unpaired) electrons. The highest BCUT2D eigenvalue weighted by Crippen LogP contribution is 2.25. The van der Waals surface area contributed by atoms with Crippen LogP contribution in [0, 0.1) is 0 Å². The molecular formula is C12H15ClF3NO2. The van der Waals surface area contributed by atoms with Crippen LogP contribution in [0.25, 0.3) is 0 Å². The maximum Gasteiger partial charge on any atom is 0.411 e. The van der Waals surface area contributed by atoms with Crippen LogP contribution in [0.3, 0.4) is 0 Å². The fourth-order valence-corrected chi connectivity index (χ4v) is 1.58. The molecule has 0 spiro atoms. The molecule has 0 amide bonds. The zero-order valence-corrected chi connectivity index (χ0v) is 10.9. The summed E-state index contributed by atoms with van der Waals surface area (Å²) in [7, 11) is 0. The van der Waals surface area contributed by atoms with Crippen molar-refractivity contribution in [1.29, 1.82) is 0 Å². The van der Waals surface area contributed by atoms with Gasteiger partial charge in [-0.25, -0.2) is 0 Å². The molecule has 0 atom stereocenters. The highest BCUT2D eigenvalue weighted by Gasteiger charge is 2.27. The van der Waals surface area contributed by atoms with Crippen LogP contribution in [0.5, 0.6) is 5.75 Å². The normalized spacial score (nSPS) is 11.6. The van der Waals surface area contributed by atoms with Crippen molar-refractivity contribution in [3.8, 4) is 5.75 Å². The molecule has 0 aliphatic heterocycles. The summed E-state index contributed by atoms with van der Waals surface area (Å²) in [6.07, 6.45) is -3.94. The maximum absolute atomic E-state index is 11.8. The zero-order chi connectivity index (χ0) is 14.3. The van der Waals surface area contributed by atoms with Crippen LogP contribution in [0.4, 0.5) is 13.2 Å². The monoisotopic (exact) mass is 297 g/mol. The summed E-state index contributed by atoms with van der Waals surface area (Å²) >= 11 is 5.95. The highest BCUT2D eigenvalue weighted by molar-refractivity contribution is 6.32. The minimum Gasteiger partial charge on any atom is -0.492 e. The van der Waals surface area contributed by atoms with Crippen molar-refractivity contribution in [2.45, 2.75) is 19.1 Å². The lowest BCUT2D eigenvalue weighted by atomic mass is 10.2. The van der Waals surface area contributed by atoms with E-state index in [2.05, 4.69) is 4.74 Å². The summed E-state index contributed by atoms with van der Waals surface area (Å²) in [5.74, 6) is 0.481. The molecule has 1 aromatic rings. The van der Waals surface area contributed by atoms with Crippen molar-refractivity contribution < 1.29 is 22.6 Å². The molecule has 0 aromatic heterocycles. The molecule has 1 rings (SSSR count). The van der Waals surface area contributed by atoms with Gasteiger partial charge in [0, 0.05) is 13.0 Å². The van der Waals surface area contributed by atoms with E-state index in [1.807, 2.05) is 0 Å². The van der Waals surface area contributed by atoms with Gasteiger partial charge >= 0.3 is 6.18 Å². The van der Waals surface area contributed by atoms with Gasteiger partial charge in [-0.2, -0.15) is 13.2 Å². The number of benzene rings is 1. The predicted molar refractivity (Wildman–Crippen MR) is 66.3 cm³/mol. The summed E-state index contributed by atoms with van der Waals surface area (Å²) < 4.78 is 45.1. The lowest BCUT2D eigenvalue weighted by molar-refractivity contribution is -0.174. The SMILES string of the molecule is NCc1ccc(OCCCOCC(F)(F)F)c(Cl)c1. The second kappa shape index (κ2) is 7.57. The second-order valence-corrected chi connectivity index (χ2v) is 4.25. The van der Waals surface area contributed by atoms with E-state index in [-0.39, 0.29) is 13.2 Å². The first kappa shape index (κ1) is 16.1. The molecule has 0 aliphatic rings. The Kier molecular flexibility index (Phi) is 6.41. The van der Waals surface area contributed by atoms with Crippen molar-refractivity contribution in [2.24, 2.45) is 5.73 Å².